The number of carbonyl (C=O) groups is 2. The lowest BCUT2D eigenvalue weighted by molar-refractivity contribution is -0.137. The number of amides is 3. The van der Waals surface area contributed by atoms with Gasteiger partial charge in [-0.1, -0.05) is 17.7 Å². The molecule has 0 saturated heterocycles. The Morgan fingerprint density at radius 2 is 1.87 bits per heavy atom. The fourth-order valence-electron chi connectivity index (χ4n) is 6.15. The molecule has 230 valence electrons. The number of aromatic nitrogens is 2. The Hall–Kier alpha value is -5.48. The van der Waals surface area contributed by atoms with Gasteiger partial charge in [-0.3, -0.25) is 14.8 Å². The summed E-state index contributed by atoms with van der Waals surface area (Å²) in [4.78, 5) is 28.4. The summed E-state index contributed by atoms with van der Waals surface area (Å²) >= 11 is 6.47. The van der Waals surface area contributed by atoms with Crippen molar-refractivity contribution in [2.75, 3.05) is 16.8 Å². The number of benzene rings is 4. The first-order valence-corrected chi connectivity index (χ1v) is 14.1. The molecule has 8 nitrogen and oxygen atoms in total. The van der Waals surface area contributed by atoms with Crippen LogP contribution < -0.4 is 15.5 Å². The second-order valence-corrected chi connectivity index (χ2v) is 11.2. The van der Waals surface area contributed by atoms with Gasteiger partial charge in [-0.25, -0.2) is 13.6 Å². The van der Waals surface area contributed by atoms with Gasteiger partial charge in [0.05, 0.1) is 34.6 Å². The molecule has 5 aromatic rings. The number of urea groups is 1. The van der Waals surface area contributed by atoms with Crippen LogP contribution in [0.15, 0.2) is 60.8 Å². The van der Waals surface area contributed by atoms with Crippen molar-refractivity contribution in [2.24, 2.45) is 0 Å². The Labute approximate surface area is 261 Å². The number of nitriles is 1. The fourth-order valence-corrected chi connectivity index (χ4v) is 6.37. The third-order valence-electron chi connectivity index (χ3n) is 8.13. The molecule has 0 unspecified atom stereocenters. The summed E-state index contributed by atoms with van der Waals surface area (Å²) < 4.78 is 69.2. The maximum Gasteiger partial charge on any atom is 0.416 e. The number of carbonyl (C=O) groups excluding carboxylic acids is 2. The zero-order valence-corrected chi connectivity index (χ0v) is 23.9. The van der Waals surface area contributed by atoms with Gasteiger partial charge >= 0.3 is 12.2 Å². The molecule has 14 heteroatoms. The average Bonchev–Trinajstić information content (AvgIpc) is 3.68. The molecule has 46 heavy (non-hydrogen) atoms. The molecule has 0 aliphatic carbocycles. The van der Waals surface area contributed by atoms with Crippen LogP contribution in [-0.4, -0.2) is 28.7 Å². The van der Waals surface area contributed by atoms with Crippen LogP contribution in [0.2, 0.25) is 5.02 Å². The van der Waals surface area contributed by atoms with E-state index in [-0.39, 0.29) is 40.0 Å². The topological polar surface area (TPSA) is 114 Å². The van der Waals surface area contributed by atoms with Crippen LogP contribution in [0.5, 0.6) is 0 Å². The number of halogens is 6. The van der Waals surface area contributed by atoms with Crippen molar-refractivity contribution in [1.29, 1.82) is 5.26 Å². The molecule has 4 aromatic carbocycles. The number of aromatic amines is 1. The van der Waals surface area contributed by atoms with Gasteiger partial charge in [-0.15, -0.1) is 0 Å². The molecule has 3 amide bonds. The maximum atomic E-state index is 14.5. The molecule has 0 spiro atoms. The molecule has 1 atom stereocenters. The van der Waals surface area contributed by atoms with E-state index in [9.17, 15) is 36.8 Å². The zero-order chi connectivity index (χ0) is 32.5. The van der Waals surface area contributed by atoms with Crippen LogP contribution in [0.3, 0.4) is 0 Å². The lowest BCUT2D eigenvalue weighted by Crippen LogP contribution is -2.46. The first-order valence-electron chi connectivity index (χ1n) is 13.7. The van der Waals surface area contributed by atoms with Crippen molar-refractivity contribution in [3.8, 4) is 17.2 Å². The highest BCUT2D eigenvalue weighted by Crippen LogP contribution is 2.50. The Morgan fingerprint density at radius 3 is 2.63 bits per heavy atom. The number of alkyl halides is 3. The number of nitrogens with zero attached hydrogens (tertiary/aromatic N) is 3. The summed E-state index contributed by atoms with van der Waals surface area (Å²) in [6.45, 7) is 0.219. The van der Waals surface area contributed by atoms with Gasteiger partial charge < -0.3 is 10.6 Å². The summed E-state index contributed by atoms with van der Waals surface area (Å²) in [5.74, 6) is -3.00. The normalized spacial score (nSPS) is 15.5. The minimum Gasteiger partial charge on any atom is -0.327 e. The minimum absolute atomic E-state index is 0.0185. The highest BCUT2D eigenvalue weighted by Gasteiger charge is 2.41. The standard InChI is InChI=1S/C32H18ClF5N6O2/c33-24-3-1-16(34)10-21(24)28-27-26(41-30(45)14-7-15(32(36,37)38)9-17(35)8-14)11-20(19-5-6-44(29(19)27)31(46)42-28)18-2-4-25-23(13-40-43-25)22(18)12-39/h1-4,7-11,13,28H,5-6H2,(H,40,43)(H,41,45)(H,42,46)/t28-/m0/s1. The molecule has 7 rings (SSSR count). The van der Waals surface area contributed by atoms with E-state index in [2.05, 4.69) is 26.9 Å². The summed E-state index contributed by atoms with van der Waals surface area (Å²) in [5.41, 5.74) is 1.26. The summed E-state index contributed by atoms with van der Waals surface area (Å²) in [6, 6.07) is 10.5. The van der Waals surface area contributed by atoms with Crippen molar-refractivity contribution >= 4 is 45.8 Å². The smallest absolute Gasteiger partial charge is 0.327 e. The molecule has 2 aliphatic heterocycles. The van der Waals surface area contributed by atoms with E-state index in [1.165, 1.54) is 17.2 Å². The summed E-state index contributed by atoms with van der Waals surface area (Å²) in [5, 5.41) is 23.0. The monoisotopic (exact) mass is 648 g/mol. The molecule has 0 radical (unpaired) electrons. The van der Waals surface area contributed by atoms with E-state index in [1.807, 2.05) is 0 Å². The number of hydrogen-bond donors (Lipinski definition) is 3. The Kier molecular flexibility index (Phi) is 6.71. The van der Waals surface area contributed by atoms with Crippen molar-refractivity contribution in [3.05, 3.63) is 111 Å². The second-order valence-electron chi connectivity index (χ2n) is 10.8. The first-order chi connectivity index (χ1) is 21.9. The molecule has 3 N–H and O–H groups in total. The van der Waals surface area contributed by atoms with Crippen LogP contribution in [0, 0.1) is 23.0 Å². The van der Waals surface area contributed by atoms with E-state index in [0.29, 0.717) is 51.8 Å². The van der Waals surface area contributed by atoms with Crippen molar-refractivity contribution in [1.82, 2.24) is 15.5 Å². The SMILES string of the molecule is N#Cc1c(-c2cc(NC(=O)c3cc(F)cc(C(F)(F)F)c3)c3c4c2CCN4C(=O)N[C@H]3c2cc(F)ccc2Cl)ccc2[nH]ncc12. The van der Waals surface area contributed by atoms with Crippen LogP contribution in [0.4, 0.5) is 38.1 Å². The lowest BCUT2D eigenvalue weighted by Gasteiger charge is -2.35. The highest BCUT2D eigenvalue weighted by atomic mass is 35.5. The molecule has 0 bridgehead atoms. The zero-order valence-electron chi connectivity index (χ0n) is 23.2. The van der Waals surface area contributed by atoms with Crippen LogP contribution in [-0.2, 0) is 12.6 Å². The van der Waals surface area contributed by atoms with Gasteiger partial charge in [0.2, 0.25) is 0 Å². The number of hydrogen-bond acceptors (Lipinski definition) is 4. The number of anilines is 2. The third-order valence-corrected chi connectivity index (χ3v) is 8.48. The average molecular weight is 649 g/mol. The van der Waals surface area contributed by atoms with Gasteiger partial charge in [0.1, 0.15) is 17.7 Å². The number of nitrogens with one attached hydrogen (secondary N) is 3. The van der Waals surface area contributed by atoms with Gasteiger partial charge in [0.15, 0.2) is 0 Å². The van der Waals surface area contributed by atoms with Crippen molar-refractivity contribution in [2.45, 2.75) is 18.6 Å². The predicted molar refractivity (Wildman–Crippen MR) is 158 cm³/mol. The van der Waals surface area contributed by atoms with Crippen LogP contribution in [0.1, 0.15) is 44.2 Å². The first kappa shape index (κ1) is 29.2. The Balaban J connectivity index is 1.48. The van der Waals surface area contributed by atoms with Gasteiger partial charge in [-0.2, -0.15) is 23.5 Å². The molecule has 0 fully saturated rings. The van der Waals surface area contributed by atoms with Crippen molar-refractivity contribution in [3.63, 3.8) is 0 Å². The predicted octanol–water partition coefficient (Wildman–Crippen LogP) is 7.48. The molecule has 1 aromatic heterocycles. The quantitative estimate of drug-likeness (QED) is 0.175. The Morgan fingerprint density at radius 1 is 1.07 bits per heavy atom. The van der Waals surface area contributed by atoms with E-state index in [1.54, 1.807) is 18.2 Å². The molecular weight excluding hydrogens is 631 g/mol. The van der Waals surface area contributed by atoms with E-state index >= 15 is 0 Å². The van der Waals surface area contributed by atoms with E-state index in [4.69, 9.17) is 11.6 Å². The minimum atomic E-state index is -4.92. The number of fused-ring (bicyclic) bond motifs is 1. The molecule has 3 heterocycles. The third kappa shape index (κ3) is 4.69. The fraction of sp³-hybridized carbons (Fsp3) is 0.125. The number of H-pyrrole nitrogens is 1. The summed E-state index contributed by atoms with van der Waals surface area (Å²) in [7, 11) is 0. The molecule has 2 aliphatic rings. The van der Waals surface area contributed by atoms with E-state index < -0.39 is 46.9 Å². The number of rotatable bonds is 4. The molecular formula is C32H18ClF5N6O2. The van der Waals surface area contributed by atoms with Gasteiger partial charge in [-0.05, 0) is 66.1 Å². The molecule has 0 saturated carbocycles. The Bertz CT molecular complexity index is 2170. The second kappa shape index (κ2) is 10.6. The lowest BCUT2D eigenvalue weighted by atomic mass is 9.86. The largest absolute Gasteiger partial charge is 0.416 e. The van der Waals surface area contributed by atoms with Crippen LogP contribution >= 0.6 is 11.6 Å². The van der Waals surface area contributed by atoms with Gasteiger partial charge in [0.25, 0.3) is 5.91 Å². The van der Waals surface area contributed by atoms with E-state index in [0.717, 1.165) is 12.1 Å². The summed E-state index contributed by atoms with van der Waals surface area (Å²) in [6.07, 6.45) is -3.09. The van der Waals surface area contributed by atoms with Crippen LogP contribution in [0.25, 0.3) is 22.0 Å². The van der Waals surface area contributed by atoms with Crippen molar-refractivity contribution < 1.29 is 31.5 Å². The maximum absolute atomic E-state index is 14.5. The highest BCUT2D eigenvalue weighted by molar-refractivity contribution is 6.31. The van der Waals surface area contributed by atoms with Gasteiger partial charge in [0, 0.05) is 44.9 Å².